The third-order valence-corrected chi connectivity index (χ3v) is 4.50. The molecule has 1 fully saturated rings. The number of nitrogens with two attached hydrogens (primary N) is 2. The fourth-order valence-electron chi connectivity index (χ4n) is 3.19. The lowest BCUT2D eigenvalue weighted by atomic mass is 10.1. The Morgan fingerprint density at radius 1 is 1.30 bits per heavy atom. The van der Waals surface area contributed by atoms with Crippen molar-refractivity contribution in [3.8, 4) is 11.3 Å². The van der Waals surface area contributed by atoms with E-state index in [0.717, 1.165) is 0 Å². The molecule has 3 rings (SSSR count). The first-order valence-corrected chi connectivity index (χ1v) is 8.35. The number of benzene rings is 1. The average Bonchev–Trinajstić information content (AvgIpc) is 3.11. The predicted octanol–water partition coefficient (Wildman–Crippen LogP) is 2.58. The lowest BCUT2D eigenvalue weighted by molar-refractivity contribution is -0.146. The Bertz CT molecular complexity index is 866. The number of hydrogen-bond acceptors (Lipinski definition) is 6. The van der Waals surface area contributed by atoms with Crippen LogP contribution in [0.2, 0.25) is 0 Å². The molecule has 0 aliphatic carbocycles. The average molecular weight is 379 g/mol. The van der Waals surface area contributed by atoms with E-state index in [1.165, 1.54) is 11.0 Å². The second kappa shape index (κ2) is 6.93. The summed E-state index contributed by atoms with van der Waals surface area (Å²) < 4.78 is 40.0. The molecule has 0 bridgehead atoms. The summed E-state index contributed by atoms with van der Waals surface area (Å²) >= 11 is 0. The summed E-state index contributed by atoms with van der Waals surface area (Å²) in [6.45, 7) is 0.273. The zero-order chi connectivity index (χ0) is 19.8. The summed E-state index contributed by atoms with van der Waals surface area (Å²) in [6.07, 6.45) is -3.84. The van der Waals surface area contributed by atoms with Gasteiger partial charge in [-0.1, -0.05) is 6.07 Å². The molecule has 1 saturated heterocycles. The number of nitrogens with zero attached hydrogens (tertiary/aromatic N) is 3. The maximum Gasteiger partial charge on any atom is 0.408 e. The molecule has 1 aromatic carbocycles. The van der Waals surface area contributed by atoms with E-state index in [2.05, 4.69) is 15.3 Å². The van der Waals surface area contributed by atoms with Gasteiger partial charge in [-0.3, -0.25) is 5.41 Å². The molecule has 0 spiro atoms. The first-order valence-electron chi connectivity index (χ1n) is 8.35. The van der Waals surface area contributed by atoms with Gasteiger partial charge in [0.15, 0.2) is 0 Å². The highest BCUT2D eigenvalue weighted by Gasteiger charge is 2.46. The van der Waals surface area contributed by atoms with Crippen LogP contribution in [0.5, 0.6) is 0 Å². The molecule has 2 heterocycles. The Morgan fingerprint density at radius 2 is 2.04 bits per heavy atom. The van der Waals surface area contributed by atoms with Crippen molar-refractivity contribution in [1.29, 1.82) is 5.41 Å². The molecule has 6 N–H and O–H groups in total. The maximum atomic E-state index is 13.3. The van der Waals surface area contributed by atoms with Gasteiger partial charge in [-0.25, -0.2) is 4.98 Å². The van der Waals surface area contributed by atoms with Gasteiger partial charge in [0.05, 0.1) is 5.69 Å². The number of nitrogens with one attached hydrogen (secondary N) is 2. The summed E-state index contributed by atoms with van der Waals surface area (Å²) in [4.78, 5) is 9.80. The molecule has 27 heavy (non-hydrogen) atoms. The van der Waals surface area contributed by atoms with Crippen LogP contribution in [-0.4, -0.2) is 41.6 Å². The lowest BCUT2D eigenvalue weighted by Crippen LogP contribution is -2.41. The van der Waals surface area contributed by atoms with Crippen LogP contribution in [0, 0.1) is 5.41 Å². The molecular formula is C17H20F3N7. The molecule has 1 aliphatic heterocycles. The van der Waals surface area contributed by atoms with E-state index in [1.54, 1.807) is 25.2 Å². The summed E-state index contributed by atoms with van der Waals surface area (Å²) in [5, 5.41) is 10.3. The summed E-state index contributed by atoms with van der Waals surface area (Å²) in [5.74, 6) is 0.256. The molecule has 2 aromatic rings. The monoisotopic (exact) mass is 379 g/mol. The van der Waals surface area contributed by atoms with Gasteiger partial charge < -0.3 is 21.7 Å². The Hall–Kier alpha value is -3.04. The lowest BCUT2D eigenvalue weighted by Gasteiger charge is -2.28. The summed E-state index contributed by atoms with van der Waals surface area (Å²) in [5.41, 5.74) is 13.1. The van der Waals surface area contributed by atoms with E-state index in [0.29, 0.717) is 28.9 Å². The van der Waals surface area contributed by atoms with Gasteiger partial charge in [-0.2, -0.15) is 18.2 Å². The van der Waals surface area contributed by atoms with E-state index in [1.807, 2.05) is 0 Å². The minimum Gasteiger partial charge on any atom is -0.398 e. The first kappa shape index (κ1) is 18.7. The second-order valence-electron chi connectivity index (χ2n) is 6.29. The van der Waals surface area contributed by atoms with Crippen LogP contribution in [0.1, 0.15) is 18.4 Å². The number of amidine groups is 1. The predicted molar refractivity (Wildman–Crippen MR) is 98.9 cm³/mol. The van der Waals surface area contributed by atoms with Gasteiger partial charge in [-0.05, 0) is 25.0 Å². The van der Waals surface area contributed by atoms with Gasteiger partial charge in [0.1, 0.15) is 17.7 Å². The number of alkyl halides is 3. The van der Waals surface area contributed by atoms with E-state index in [4.69, 9.17) is 16.9 Å². The van der Waals surface area contributed by atoms with Crippen LogP contribution in [-0.2, 0) is 0 Å². The van der Waals surface area contributed by atoms with Gasteiger partial charge in [-0.15, -0.1) is 0 Å². The van der Waals surface area contributed by atoms with Crippen LogP contribution in [0.25, 0.3) is 11.3 Å². The van der Waals surface area contributed by atoms with Crippen LogP contribution in [0.3, 0.4) is 0 Å². The van der Waals surface area contributed by atoms with Gasteiger partial charge in [0, 0.05) is 36.5 Å². The largest absolute Gasteiger partial charge is 0.408 e. The van der Waals surface area contributed by atoms with Crippen molar-refractivity contribution in [1.82, 2.24) is 9.97 Å². The Kier molecular flexibility index (Phi) is 4.81. The van der Waals surface area contributed by atoms with E-state index < -0.39 is 12.2 Å². The van der Waals surface area contributed by atoms with Crippen molar-refractivity contribution in [3.63, 3.8) is 0 Å². The van der Waals surface area contributed by atoms with Crippen molar-refractivity contribution < 1.29 is 13.2 Å². The number of anilines is 3. The quantitative estimate of drug-likeness (QED) is 0.369. The fourth-order valence-corrected chi connectivity index (χ4v) is 3.19. The van der Waals surface area contributed by atoms with Crippen molar-refractivity contribution in [2.75, 3.05) is 29.5 Å². The molecule has 1 atom stereocenters. The highest BCUT2D eigenvalue weighted by molar-refractivity contribution is 6.00. The summed E-state index contributed by atoms with van der Waals surface area (Å²) in [6, 6.07) is 4.81. The minimum absolute atomic E-state index is 0.0397. The van der Waals surface area contributed by atoms with E-state index in [9.17, 15) is 13.2 Å². The molecule has 10 heteroatoms. The number of halogens is 3. The number of rotatable bonds is 4. The van der Waals surface area contributed by atoms with Crippen molar-refractivity contribution >= 4 is 23.3 Å². The zero-order valence-corrected chi connectivity index (χ0v) is 14.6. The van der Waals surface area contributed by atoms with E-state index in [-0.39, 0.29) is 30.6 Å². The molecule has 1 aromatic heterocycles. The number of aromatic nitrogens is 2. The highest BCUT2D eigenvalue weighted by Crippen LogP contribution is 2.36. The van der Waals surface area contributed by atoms with Crippen LogP contribution >= 0.6 is 0 Å². The third kappa shape index (κ3) is 3.74. The number of nitrogen functional groups attached to an aromatic ring is 2. The Labute approximate surface area is 154 Å². The third-order valence-electron chi connectivity index (χ3n) is 4.50. The van der Waals surface area contributed by atoms with Crippen LogP contribution in [0.4, 0.5) is 30.6 Å². The smallest absolute Gasteiger partial charge is 0.398 e. The molecule has 1 unspecified atom stereocenters. The number of hydrogen-bond donors (Lipinski definition) is 4. The SMILES string of the molecule is CNc1nc(-c2ccc(C(=N)N)c(N)c2)cc(N2CCCC2C(F)(F)F)n1. The zero-order valence-electron chi connectivity index (χ0n) is 14.6. The minimum atomic E-state index is -4.32. The van der Waals surface area contributed by atoms with Gasteiger partial charge in [0.2, 0.25) is 5.95 Å². The van der Waals surface area contributed by atoms with Gasteiger partial charge in [0.25, 0.3) is 0 Å². The molecule has 7 nitrogen and oxygen atoms in total. The standard InChI is InChI=1S/C17H20F3N7/c1-24-16-25-12(9-4-5-10(15(22)23)11(21)7-9)8-14(26-16)27-6-2-3-13(27)17(18,19)20/h4-5,7-8,13H,2-3,6,21H2,1H3,(H3,22,23)(H,24,25,26). The van der Waals surface area contributed by atoms with E-state index >= 15 is 0 Å². The van der Waals surface area contributed by atoms with Crippen molar-refractivity contribution in [2.24, 2.45) is 5.73 Å². The van der Waals surface area contributed by atoms with Crippen LogP contribution < -0.4 is 21.7 Å². The molecule has 0 saturated carbocycles. The first-order chi connectivity index (χ1) is 12.7. The molecule has 1 aliphatic rings. The fraction of sp³-hybridized carbons (Fsp3) is 0.353. The normalized spacial score (nSPS) is 17.2. The molecule has 0 radical (unpaired) electrons. The highest BCUT2D eigenvalue weighted by atomic mass is 19.4. The van der Waals surface area contributed by atoms with Crippen molar-refractivity contribution in [3.05, 3.63) is 29.8 Å². The molecule has 144 valence electrons. The summed E-state index contributed by atoms with van der Waals surface area (Å²) in [7, 11) is 1.60. The second-order valence-corrected chi connectivity index (χ2v) is 6.29. The van der Waals surface area contributed by atoms with Crippen molar-refractivity contribution in [2.45, 2.75) is 25.1 Å². The van der Waals surface area contributed by atoms with Crippen LogP contribution in [0.15, 0.2) is 24.3 Å². The molecule has 0 amide bonds. The maximum absolute atomic E-state index is 13.3. The topological polar surface area (TPSA) is 117 Å². The van der Waals surface area contributed by atoms with Gasteiger partial charge >= 0.3 is 6.18 Å². The molecular weight excluding hydrogens is 359 g/mol. The Balaban J connectivity index is 2.04. The Morgan fingerprint density at radius 3 is 2.63 bits per heavy atom.